The summed E-state index contributed by atoms with van der Waals surface area (Å²) in [4.78, 5) is 6.43. The fourth-order valence-corrected chi connectivity index (χ4v) is 1.50. The van der Waals surface area contributed by atoms with Gasteiger partial charge in [0.15, 0.2) is 0 Å². The zero-order valence-electron chi connectivity index (χ0n) is 10.0. The summed E-state index contributed by atoms with van der Waals surface area (Å²) < 4.78 is 5.09. The average Bonchev–Trinajstić information content (AvgIpc) is 2.34. The van der Waals surface area contributed by atoms with Gasteiger partial charge in [0.25, 0.3) is 0 Å². The van der Waals surface area contributed by atoms with Gasteiger partial charge in [-0.3, -0.25) is 0 Å². The predicted molar refractivity (Wildman–Crippen MR) is 65.0 cm³/mol. The van der Waals surface area contributed by atoms with E-state index in [1.807, 2.05) is 18.2 Å². The standard InChI is InChI=1S/C12H20N2O2/c1-3-4-8-14(9-10-15)11-6-5-7-12(13-11)16-2/h5-7,15H,3-4,8-10H2,1-2H3. The van der Waals surface area contributed by atoms with Crippen molar-refractivity contribution in [2.24, 2.45) is 0 Å². The topological polar surface area (TPSA) is 45.6 Å². The molecule has 1 heterocycles. The number of aromatic nitrogens is 1. The number of hydrogen-bond donors (Lipinski definition) is 1. The van der Waals surface area contributed by atoms with Crippen molar-refractivity contribution in [2.45, 2.75) is 19.8 Å². The van der Waals surface area contributed by atoms with Crippen molar-refractivity contribution >= 4 is 5.82 Å². The quantitative estimate of drug-likeness (QED) is 0.765. The summed E-state index contributed by atoms with van der Waals surface area (Å²) in [5.41, 5.74) is 0. The monoisotopic (exact) mass is 224 g/mol. The molecule has 90 valence electrons. The third-order valence-corrected chi connectivity index (χ3v) is 2.39. The van der Waals surface area contributed by atoms with Crippen molar-refractivity contribution in [1.29, 1.82) is 0 Å². The van der Waals surface area contributed by atoms with Crippen LogP contribution >= 0.6 is 0 Å². The van der Waals surface area contributed by atoms with Gasteiger partial charge in [0.2, 0.25) is 5.88 Å². The number of aliphatic hydroxyl groups is 1. The van der Waals surface area contributed by atoms with Crippen LogP contribution in [0.5, 0.6) is 5.88 Å². The van der Waals surface area contributed by atoms with Crippen LogP contribution in [0.3, 0.4) is 0 Å². The molecular weight excluding hydrogens is 204 g/mol. The van der Waals surface area contributed by atoms with E-state index in [9.17, 15) is 0 Å². The summed E-state index contributed by atoms with van der Waals surface area (Å²) in [6, 6.07) is 5.67. The van der Waals surface area contributed by atoms with E-state index in [2.05, 4.69) is 16.8 Å². The van der Waals surface area contributed by atoms with E-state index in [0.717, 1.165) is 25.2 Å². The van der Waals surface area contributed by atoms with E-state index in [1.54, 1.807) is 7.11 Å². The van der Waals surface area contributed by atoms with Crippen LogP contribution in [-0.4, -0.2) is 36.9 Å². The Kier molecular flexibility index (Phi) is 5.64. The van der Waals surface area contributed by atoms with Crippen molar-refractivity contribution in [3.63, 3.8) is 0 Å². The first-order chi connectivity index (χ1) is 7.81. The zero-order valence-corrected chi connectivity index (χ0v) is 10.0. The lowest BCUT2D eigenvalue weighted by atomic mass is 10.3. The van der Waals surface area contributed by atoms with Gasteiger partial charge in [-0.1, -0.05) is 19.4 Å². The van der Waals surface area contributed by atoms with Gasteiger partial charge in [-0.05, 0) is 12.5 Å². The summed E-state index contributed by atoms with van der Waals surface area (Å²) in [6.07, 6.45) is 2.23. The minimum Gasteiger partial charge on any atom is -0.481 e. The second-order valence-electron chi connectivity index (χ2n) is 3.60. The van der Waals surface area contributed by atoms with E-state index in [-0.39, 0.29) is 6.61 Å². The minimum absolute atomic E-state index is 0.141. The Morgan fingerprint density at radius 3 is 2.81 bits per heavy atom. The second kappa shape index (κ2) is 7.06. The van der Waals surface area contributed by atoms with Gasteiger partial charge in [0, 0.05) is 19.2 Å². The fourth-order valence-electron chi connectivity index (χ4n) is 1.50. The summed E-state index contributed by atoms with van der Waals surface area (Å²) in [5.74, 6) is 1.47. The molecule has 0 atom stereocenters. The number of methoxy groups -OCH3 is 1. The normalized spacial score (nSPS) is 10.2. The van der Waals surface area contributed by atoms with Crippen LogP contribution in [0.25, 0.3) is 0 Å². The summed E-state index contributed by atoms with van der Waals surface area (Å²) >= 11 is 0. The molecule has 0 bridgehead atoms. The van der Waals surface area contributed by atoms with Crippen LogP contribution in [0.2, 0.25) is 0 Å². The molecule has 1 N–H and O–H groups in total. The first-order valence-electron chi connectivity index (χ1n) is 5.68. The highest BCUT2D eigenvalue weighted by Crippen LogP contribution is 2.15. The SMILES string of the molecule is CCCCN(CCO)c1cccc(OC)n1. The lowest BCUT2D eigenvalue weighted by Crippen LogP contribution is -2.28. The Balaban J connectivity index is 2.73. The molecule has 4 nitrogen and oxygen atoms in total. The maximum atomic E-state index is 9.02. The number of aliphatic hydroxyl groups excluding tert-OH is 1. The summed E-state index contributed by atoms with van der Waals surface area (Å²) in [6.45, 7) is 3.82. The molecule has 0 spiro atoms. The van der Waals surface area contributed by atoms with Crippen molar-refractivity contribution in [3.05, 3.63) is 18.2 Å². The second-order valence-corrected chi connectivity index (χ2v) is 3.60. The van der Waals surface area contributed by atoms with Gasteiger partial charge in [-0.2, -0.15) is 4.98 Å². The first-order valence-corrected chi connectivity index (χ1v) is 5.68. The van der Waals surface area contributed by atoms with Crippen molar-refractivity contribution in [2.75, 3.05) is 31.7 Å². The molecule has 0 unspecified atom stereocenters. The molecule has 1 rings (SSSR count). The fraction of sp³-hybridized carbons (Fsp3) is 0.583. The van der Waals surface area contributed by atoms with Gasteiger partial charge >= 0.3 is 0 Å². The number of pyridine rings is 1. The van der Waals surface area contributed by atoms with Crippen LogP contribution < -0.4 is 9.64 Å². The summed E-state index contributed by atoms with van der Waals surface area (Å²) in [7, 11) is 1.61. The molecule has 0 radical (unpaired) electrons. The molecule has 0 aliphatic heterocycles. The lowest BCUT2D eigenvalue weighted by molar-refractivity contribution is 0.301. The van der Waals surface area contributed by atoms with Crippen LogP contribution in [0, 0.1) is 0 Å². The first kappa shape index (κ1) is 12.8. The van der Waals surface area contributed by atoms with Gasteiger partial charge in [-0.25, -0.2) is 0 Å². The average molecular weight is 224 g/mol. The number of anilines is 1. The van der Waals surface area contributed by atoms with Crippen LogP contribution in [0.1, 0.15) is 19.8 Å². The molecule has 0 saturated heterocycles. The molecule has 0 fully saturated rings. The molecule has 0 aliphatic carbocycles. The number of ether oxygens (including phenoxy) is 1. The van der Waals surface area contributed by atoms with Crippen LogP contribution in [-0.2, 0) is 0 Å². The van der Waals surface area contributed by atoms with Crippen molar-refractivity contribution in [1.82, 2.24) is 4.98 Å². The predicted octanol–water partition coefficient (Wildman–Crippen LogP) is 1.69. The van der Waals surface area contributed by atoms with Gasteiger partial charge in [-0.15, -0.1) is 0 Å². The van der Waals surface area contributed by atoms with E-state index in [1.165, 1.54) is 0 Å². The van der Waals surface area contributed by atoms with Crippen molar-refractivity contribution in [3.8, 4) is 5.88 Å². The third-order valence-electron chi connectivity index (χ3n) is 2.39. The molecule has 0 saturated carbocycles. The highest BCUT2D eigenvalue weighted by molar-refractivity contribution is 5.40. The van der Waals surface area contributed by atoms with E-state index in [4.69, 9.17) is 9.84 Å². The molecule has 0 aromatic carbocycles. The smallest absolute Gasteiger partial charge is 0.214 e. The number of rotatable bonds is 7. The molecule has 0 amide bonds. The minimum atomic E-state index is 0.141. The van der Waals surface area contributed by atoms with Gasteiger partial charge in [0.05, 0.1) is 13.7 Å². The van der Waals surface area contributed by atoms with Crippen LogP contribution in [0.4, 0.5) is 5.82 Å². The van der Waals surface area contributed by atoms with E-state index < -0.39 is 0 Å². The maximum absolute atomic E-state index is 9.02. The summed E-state index contributed by atoms with van der Waals surface area (Å²) in [5, 5.41) is 9.02. The number of nitrogens with zero attached hydrogens (tertiary/aromatic N) is 2. The van der Waals surface area contributed by atoms with Gasteiger partial charge < -0.3 is 14.7 Å². The maximum Gasteiger partial charge on any atom is 0.214 e. The molecule has 1 aromatic rings. The zero-order chi connectivity index (χ0) is 11.8. The number of unbranched alkanes of at least 4 members (excludes halogenated alkanes) is 1. The third kappa shape index (κ3) is 3.70. The molecule has 16 heavy (non-hydrogen) atoms. The Hall–Kier alpha value is -1.29. The van der Waals surface area contributed by atoms with E-state index >= 15 is 0 Å². The van der Waals surface area contributed by atoms with Gasteiger partial charge in [0.1, 0.15) is 5.82 Å². The van der Waals surface area contributed by atoms with Crippen LogP contribution in [0.15, 0.2) is 18.2 Å². The molecule has 0 aliphatic rings. The molecule has 4 heteroatoms. The Bertz CT molecular complexity index is 305. The largest absolute Gasteiger partial charge is 0.481 e. The Labute approximate surface area is 96.9 Å². The highest BCUT2D eigenvalue weighted by Gasteiger charge is 2.07. The highest BCUT2D eigenvalue weighted by atomic mass is 16.5. The lowest BCUT2D eigenvalue weighted by Gasteiger charge is -2.22. The Morgan fingerprint density at radius 2 is 2.19 bits per heavy atom. The molecular formula is C12H20N2O2. The van der Waals surface area contributed by atoms with E-state index in [0.29, 0.717) is 12.4 Å². The Morgan fingerprint density at radius 1 is 1.38 bits per heavy atom. The molecule has 1 aromatic heterocycles. The number of hydrogen-bond acceptors (Lipinski definition) is 4. The van der Waals surface area contributed by atoms with Crippen molar-refractivity contribution < 1.29 is 9.84 Å².